The topological polar surface area (TPSA) is 49.2 Å². The van der Waals surface area contributed by atoms with Gasteiger partial charge < -0.3 is 13.9 Å². The zero-order valence-corrected chi connectivity index (χ0v) is 17.0. The van der Waals surface area contributed by atoms with E-state index in [1.165, 1.54) is 6.07 Å². The fraction of sp³-hybridized carbons (Fsp3) is 0.529. The van der Waals surface area contributed by atoms with Crippen molar-refractivity contribution in [2.75, 3.05) is 13.2 Å². The first-order valence-corrected chi connectivity index (χ1v) is 10.1. The number of nitrogens with one attached hydrogen (secondary N) is 1. The van der Waals surface area contributed by atoms with Gasteiger partial charge in [0.05, 0.1) is 29.2 Å². The highest BCUT2D eigenvalue weighted by molar-refractivity contribution is 9.10. The number of benzene rings is 1. The number of fused-ring (bicyclic) bond motifs is 1. The second-order valence-corrected chi connectivity index (χ2v) is 10.1. The average Bonchev–Trinajstić information content (AvgIpc) is 2.80. The van der Waals surface area contributed by atoms with Gasteiger partial charge in [-0.2, -0.15) is 0 Å². The molecule has 1 aromatic carbocycles. The predicted molar refractivity (Wildman–Crippen MR) is 99.2 cm³/mol. The summed E-state index contributed by atoms with van der Waals surface area (Å²) in [6, 6.07) is 1.35. The molecular weight excluding hydrogens is 433 g/mol. The number of nitrogens with zero attached hydrogens (tertiary/aromatic N) is 1. The molecule has 0 amide bonds. The summed E-state index contributed by atoms with van der Waals surface area (Å²) in [5.41, 5.74) is 0.862. The van der Waals surface area contributed by atoms with Crippen molar-refractivity contribution in [1.82, 2.24) is 9.29 Å². The predicted octanol–water partition coefficient (Wildman–Crippen LogP) is 4.47. The van der Waals surface area contributed by atoms with Crippen LogP contribution in [0.5, 0.6) is 0 Å². The molecule has 2 aromatic rings. The van der Waals surface area contributed by atoms with Crippen molar-refractivity contribution in [3.05, 3.63) is 34.2 Å². The van der Waals surface area contributed by atoms with Crippen molar-refractivity contribution >= 4 is 38.2 Å². The lowest BCUT2D eigenvalue weighted by Crippen LogP contribution is -2.43. The Hall–Kier alpha value is -0.740. The quantitative estimate of drug-likeness (QED) is 0.680. The van der Waals surface area contributed by atoms with Crippen molar-refractivity contribution in [3.63, 3.8) is 0 Å². The van der Waals surface area contributed by atoms with Crippen molar-refractivity contribution in [2.24, 2.45) is 0 Å². The molecule has 0 bridgehead atoms. The van der Waals surface area contributed by atoms with E-state index in [0.717, 1.165) is 0 Å². The van der Waals surface area contributed by atoms with Crippen LogP contribution >= 0.6 is 15.9 Å². The minimum atomic E-state index is -2.80. The standard InChI is InChI=1S/C17H20BrF3N2O2S/c1-17(2,3)26(24)22-15(16(20)21)11-6-23(9-7-25-8-9)14-5-12(18)13(19)4-10(11)14/h4-6,9,15-16,22H,7-8H2,1-3H3/t15-,26-/m0/s1. The second kappa shape index (κ2) is 7.35. The summed E-state index contributed by atoms with van der Waals surface area (Å²) in [7, 11) is 0. The Morgan fingerprint density at radius 2 is 2.00 bits per heavy atom. The van der Waals surface area contributed by atoms with E-state index in [0.29, 0.717) is 24.1 Å². The maximum Gasteiger partial charge on any atom is 0.262 e. The highest BCUT2D eigenvalue weighted by Crippen LogP contribution is 2.37. The van der Waals surface area contributed by atoms with E-state index in [1.807, 2.05) is 4.57 Å². The molecule has 3 rings (SSSR count). The molecule has 26 heavy (non-hydrogen) atoms. The molecule has 1 aromatic heterocycles. The molecule has 4 nitrogen and oxygen atoms in total. The molecule has 1 fully saturated rings. The lowest BCUT2D eigenvalue weighted by molar-refractivity contribution is -0.0215. The molecule has 1 aliphatic heterocycles. The maximum absolute atomic E-state index is 14.1. The molecule has 0 radical (unpaired) electrons. The highest BCUT2D eigenvalue weighted by Gasteiger charge is 2.36. The van der Waals surface area contributed by atoms with Gasteiger partial charge in [0.25, 0.3) is 6.43 Å². The Morgan fingerprint density at radius 1 is 1.35 bits per heavy atom. The van der Waals surface area contributed by atoms with Crippen molar-refractivity contribution in [3.8, 4) is 0 Å². The van der Waals surface area contributed by atoms with Crippen molar-refractivity contribution in [2.45, 2.75) is 44.0 Å². The smallest absolute Gasteiger partial charge is 0.262 e. The molecule has 144 valence electrons. The van der Waals surface area contributed by atoms with Gasteiger partial charge in [0.15, 0.2) is 0 Å². The molecule has 9 heteroatoms. The van der Waals surface area contributed by atoms with Crippen molar-refractivity contribution in [1.29, 1.82) is 0 Å². The summed E-state index contributed by atoms with van der Waals surface area (Å²) >= 11 is 1.45. The first-order valence-electron chi connectivity index (χ1n) is 8.13. The van der Waals surface area contributed by atoms with E-state index in [4.69, 9.17) is 4.74 Å². The van der Waals surface area contributed by atoms with E-state index >= 15 is 0 Å². The van der Waals surface area contributed by atoms with Crippen LogP contribution in [0.15, 0.2) is 22.8 Å². The van der Waals surface area contributed by atoms with Crippen LogP contribution in [0.3, 0.4) is 0 Å². The third-order valence-corrected chi connectivity index (χ3v) is 6.49. The van der Waals surface area contributed by atoms with Gasteiger partial charge in [0.1, 0.15) is 16.6 Å². The monoisotopic (exact) mass is 452 g/mol. The lowest BCUT2D eigenvalue weighted by Gasteiger charge is -2.29. The van der Waals surface area contributed by atoms with Gasteiger partial charge in [-0.25, -0.2) is 13.2 Å². The van der Waals surface area contributed by atoms with Crippen LogP contribution in [0.1, 0.15) is 38.4 Å². The van der Waals surface area contributed by atoms with E-state index < -0.39 is 34.4 Å². The van der Waals surface area contributed by atoms with Crippen LogP contribution in [0.25, 0.3) is 10.9 Å². The number of hydrogen-bond donors (Lipinski definition) is 1. The second-order valence-electron chi connectivity index (χ2n) is 7.28. The third-order valence-electron chi connectivity index (χ3n) is 4.30. The summed E-state index contributed by atoms with van der Waals surface area (Å²) in [5, 5.41) is 0.376. The van der Waals surface area contributed by atoms with Crippen molar-refractivity contribution < 1.29 is 22.5 Å². The number of hydrogen-bond acceptors (Lipinski definition) is 3. The molecule has 0 unspecified atom stereocenters. The SMILES string of the molecule is CC(C)(C)[S@+]([O-])N[C@@H](c1cn(C2COC2)c2cc(Br)c(F)cc12)C(F)F. The minimum absolute atomic E-state index is 0.00930. The van der Waals surface area contributed by atoms with Gasteiger partial charge >= 0.3 is 0 Å². The lowest BCUT2D eigenvalue weighted by atomic mass is 10.1. The van der Waals surface area contributed by atoms with Crippen LogP contribution in [0, 0.1) is 5.82 Å². The zero-order valence-electron chi connectivity index (χ0n) is 14.6. The normalized spacial score (nSPS) is 18.3. The third kappa shape index (κ3) is 3.77. The van der Waals surface area contributed by atoms with Crippen LogP contribution in [0.2, 0.25) is 0 Å². The maximum atomic E-state index is 14.1. The Kier molecular flexibility index (Phi) is 5.66. The van der Waals surface area contributed by atoms with Crippen LogP contribution in [-0.4, -0.2) is 33.5 Å². The average molecular weight is 453 g/mol. The molecule has 2 atom stereocenters. The molecule has 0 spiro atoms. The Balaban J connectivity index is 2.10. The number of alkyl halides is 2. The van der Waals surface area contributed by atoms with E-state index in [-0.39, 0.29) is 16.1 Å². The van der Waals surface area contributed by atoms with Crippen LogP contribution in [0.4, 0.5) is 13.2 Å². The van der Waals surface area contributed by atoms with Gasteiger partial charge in [0, 0.05) is 28.5 Å². The van der Waals surface area contributed by atoms with E-state index in [2.05, 4.69) is 20.7 Å². The molecule has 2 heterocycles. The minimum Gasteiger partial charge on any atom is -0.598 e. The summed E-state index contributed by atoms with van der Waals surface area (Å²) in [6.07, 6.45) is -1.21. The summed E-state index contributed by atoms with van der Waals surface area (Å²) in [5.74, 6) is -0.536. The van der Waals surface area contributed by atoms with Gasteiger partial charge in [-0.3, -0.25) is 0 Å². The Bertz CT molecular complexity index is 805. The number of halogens is 4. The Morgan fingerprint density at radius 3 is 2.50 bits per heavy atom. The molecule has 1 saturated heterocycles. The summed E-state index contributed by atoms with van der Waals surface area (Å²) < 4.78 is 63.2. The van der Waals surface area contributed by atoms with E-state index in [1.54, 1.807) is 33.0 Å². The Labute approximate surface area is 161 Å². The first-order chi connectivity index (χ1) is 12.1. The highest BCUT2D eigenvalue weighted by atomic mass is 79.9. The summed E-state index contributed by atoms with van der Waals surface area (Å²) in [6.45, 7) is 6.04. The zero-order chi connectivity index (χ0) is 19.2. The largest absolute Gasteiger partial charge is 0.598 e. The molecule has 0 aliphatic carbocycles. The first kappa shape index (κ1) is 20.0. The number of aromatic nitrogens is 1. The van der Waals surface area contributed by atoms with Gasteiger partial charge in [-0.15, -0.1) is 4.72 Å². The van der Waals surface area contributed by atoms with Gasteiger partial charge in [0.2, 0.25) is 0 Å². The molecular formula is C17H20BrF3N2O2S. The van der Waals surface area contributed by atoms with Gasteiger partial charge in [-0.05, 0) is 48.8 Å². The van der Waals surface area contributed by atoms with Gasteiger partial charge in [-0.1, -0.05) is 0 Å². The molecule has 0 saturated carbocycles. The fourth-order valence-electron chi connectivity index (χ4n) is 2.75. The molecule has 1 N–H and O–H groups in total. The van der Waals surface area contributed by atoms with Crippen LogP contribution < -0.4 is 4.72 Å². The molecule has 1 aliphatic rings. The van der Waals surface area contributed by atoms with E-state index in [9.17, 15) is 17.7 Å². The fourth-order valence-corrected chi connectivity index (χ4v) is 3.89. The number of rotatable bonds is 5. The number of ether oxygens (including phenoxy) is 1. The summed E-state index contributed by atoms with van der Waals surface area (Å²) in [4.78, 5) is 0. The van der Waals surface area contributed by atoms with Crippen LogP contribution in [-0.2, 0) is 16.1 Å².